The number of carbonyl (C=O) groups is 1. The summed E-state index contributed by atoms with van der Waals surface area (Å²) in [5, 5.41) is 8.78. The van der Waals surface area contributed by atoms with Crippen LogP contribution >= 0.6 is 27.3 Å². The maximum Gasteiger partial charge on any atom is 0.374 e. The predicted octanol–water partition coefficient (Wildman–Crippen LogP) is 2.86. The van der Waals surface area contributed by atoms with E-state index in [1.807, 2.05) is 6.07 Å². The Balaban J connectivity index is 2.51. The number of nitrogens with zero attached hydrogens (tertiary/aromatic N) is 1. The van der Waals surface area contributed by atoms with E-state index in [1.165, 1.54) is 11.3 Å². The van der Waals surface area contributed by atoms with Gasteiger partial charge in [-0.2, -0.15) is 0 Å². The molecule has 0 aliphatic rings. The van der Waals surface area contributed by atoms with Crippen molar-refractivity contribution < 1.29 is 14.3 Å². The maximum atomic E-state index is 10.7. The van der Waals surface area contributed by atoms with E-state index in [9.17, 15) is 4.79 Å². The van der Waals surface area contributed by atoms with Gasteiger partial charge in [0, 0.05) is 0 Å². The third-order valence-electron chi connectivity index (χ3n) is 1.57. The summed E-state index contributed by atoms with van der Waals surface area (Å²) in [5.41, 5.74) is 0.369. The highest BCUT2D eigenvalue weighted by Gasteiger charge is 2.18. The molecule has 0 radical (unpaired) electrons. The molecule has 72 valence electrons. The number of thiophene rings is 1. The third kappa shape index (κ3) is 1.58. The Morgan fingerprint density at radius 1 is 1.57 bits per heavy atom. The highest BCUT2D eigenvalue weighted by molar-refractivity contribution is 9.11. The molecule has 0 atom stereocenters. The van der Waals surface area contributed by atoms with Gasteiger partial charge in [-0.25, -0.2) is 9.78 Å². The van der Waals surface area contributed by atoms with Crippen LogP contribution < -0.4 is 0 Å². The molecule has 0 fully saturated rings. The first kappa shape index (κ1) is 9.42. The molecule has 0 saturated heterocycles. The van der Waals surface area contributed by atoms with Gasteiger partial charge in [-0.3, -0.25) is 0 Å². The number of halogens is 1. The fraction of sp³-hybridized carbons (Fsp3) is 0. The lowest BCUT2D eigenvalue weighted by molar-refractivity contribution is 0.0663. The van der Waals surface area contributed by atoms with Crippen molar-refractivity contribution in [3.05, 3.63) is 28.1 Å². The molecule has 0 saturated carbocycles. The van der Waals surface area contributed by atoms with Crippen molar-refractivity contribution in [2.75, 3.05) is 0 Å². The number of carboxylic acids is 1. The Bertz CT molecular complexity index is 476. The van der Waals surface area contributed by atoms with Crippen LogP contribution in [0.4, 0.5) is 0 Å². The van der Waals surface area contributed by atoms with Gasteiger partial charge in [-0.05, 0) is 28.1 Å². The number of hydrogen-bond donors (Lipinski definition) is 1. The minimum Gasteiger partial charge on any atom is -0.475 e. The van der Waals surface area contributed by atoms with E-state index in [4.69, 9.17) is 9.52 Å². The Labute approximate surface area is 91.3 Å². The van der Waals surface area contributed by atoms with Crippen LogP contribution in [0.2, 0.25) is 0 Å². The lowest BCUT2D eigenvalue weighted by Crippen LogP contribution is -1.95. The summed E-state index contributed by atoms with van der Waals surface area (Å²) < 4.78 is 5.69. The molecule has 2 rings (SSSR count). The largest absolute Gasteiger partial charge is 0.475 e. The number of oxazole rings is 1. The van der Waals surface area contributed by atoms with Crippen LogP contribution in [-0.2, 0) is 0 Å². The SMILES string of the molecule is O=C(O)c1ocnc1-c1ccc(Br)s1. The van der Waals surface area contributed by atoms with Gasteiger partial charge in [0.2, 0.25) is 5.76 Å². The average Bonchev–Trinajstić information content (AvgIpc) is 2.70. The quantitative estimate of drug-likeness (QED) is 0.914. The summed E-state index contributed by atoms with van der Waals surface area (Å²) in [6.45, 7) is 0. The molecule has 0 bridgehead atoms. The summed E-state index contributed by atoms with van der Waals surface area (Å²) >= 11 is 4.70. The number of hydrogen-bond acceptors (Lipinski definition) is 4. The first-order valence-electron chi connectivity index (χ1n) is 3.61. The third-order valence-corrected chi connectivity index (χ3v) is 3.20. The van der Waals surface area contributed by atoms with Gasteiger partial charge in [-0.1, -0.05) is 0 Å². The normalized spacial score (nSPS) is 10.4. The lowest BCUT2D eigenvalue weighted by Gasteiger charge is -1.90. The Kier molecular flexibility index (Phi) is 2.39. The van der Waals surface area contributed by atoms with Crippen LogP contribution in [0.15, 0.2) is 26.7 Å². The number of carboxylic acid groups (broad SMARTS) is 1. The molecule has 4 nitrogen and oxygen atoms in total. The zero-order chi connectivity index (χ0) is 10.1. The average molecular weight is 274 g/mol. The van der Waals surface area contributed by atoms with Gasteiger partial charge >= 0.3 is 5.97 Å². The van der Waals surface area contributed by atoms with E-state index >= 15 is 0 Å². The molecule has 6 heteroatoms. The zero-order valence-corrected chi connectivity index (χ0v) is 9.13. The minimum absolute atomic E-state index is 0.126. The van der Waals surface area contributed by atoms with Crippen molar-refractivity contribution in [2.24, 2.45) is 0 Å². The monoisotopic (exact) mass is 273 g/mol. The smallest absolute Gasteiger partial charge is 0.374 e. The van der Waals surface area contributed by atoms with Crippen molar-refractivity contribution in [1.29, 1.82) is 0 Å². The van der Waals surface area contributed by atoms with Gasteiger partial charge < -0.3 is 9.52 Å². The van der Waals surface area contributed by atoms with Gasteiger partial charge in [0.05, 0.1) is 8.66 Å². The van der Waals surface area contributed by atoms with E-state index in [1.54, 1.807) is 6.07 Å². The molecule has 2 aromatic rings. The van der Waals surface area contributed by atoms with Gasteiger partial charge in [0.25, 0.3) is 0 Å². The molecule has 0 aliphatic carbocycles. The van der Waals surface area contributed by atoms with Crippen molar-refractivity contribution in [1.82, 2.24) is 4.98 Å². The first-order chi connectivity index (χ1) is 6.68. The summed E-state index contributed by atoms with van der Waals surface area (Å²) in [6.07, 6.45) is 1.13. The van der Waals surface area contributed by atoms with Gasteiger partial charge in [0.15, 0.2) is 6.39 Å². The molecule has 0 unspecified atom stereocenters. The Morgan fingerprint density at radius 2 is 2.36 bits per heavy atom. The van der Waals surface area contributed by atoms with E-state index in [2.05, 4.69) is 20.9 Å². The summed E-state index contributed by atoms with van der Waals surface area (Å²) in [5.74, 6) is -1.23. The predicted molar refractivity (Wildman–Crippen MR) is 54.5 cm³/mol. The van der Waals surface area contributed by atoms with Crippen molar-refractivity contribution >= 4 is 33.2 Å². The molecule has 2 aromatic heterocycles. The molecule has 0 aliphatic heterocycles. The van der Waals surface area contributed by atoms with E-state index in [0.717, 1.165) is 15.1 Å². The first-order valence-corrected chi connectivity index (χ1v) is 5.22. The summed E-state index contributed by atoms with van der Waals surface area (Å²) in [6, 6.07) is 3.62. The van der Waals surface area contributed by atoms with Crippen LogP contribution in [0, 0.1) is 0 Å². The maximum absolute atomic E-state index is 10.7. The second-order valence-electron chi connectivity index (χ2n) is 2.44. The van der Waals surface area contributed by atoms with E-state index in [-0.39, 0.29) is 5.76 Å². The highest BCUT2D eigenvalue weighted by Crippen LogP contribution is 2.32. The summed E-state index contributed by atoms with van der Waals surface area (Å²) in [4.78, 5) is 15.4. The second-order valence-corrected chi connectivity index (χ2v) is 4.90. The van der Waals surface area contributed by atoms with E-state index in [0.29, 0.717) is 5.69 Å². The van der Waals surface area contributed by atoms with Crippen molar-refractivity contribution in [3.63, 3.8) is 0 Å². The molecule has 2 heterocycles. The summed E-state index contributed by atoms with van der Waals surface area (Å²) in [7, 11) is 0. The zero-order valence-electron chi connectivity index (χ0n) is 6.73. The topological polar surface area (TPSA) is 63.3 Å². The number of aromatic carboxylic acids is 1. The molecule has 14 heavy (non-hydrogen) atoms. The molecule has 0 spiro atoms. The Hall–Kier alpha value is -1.14. The molecular formula is C8H4BrNO3S. The van der Waals surface area contributed by atoms with Gasteiger partial charge in [-0.15, -0.1) is 11.3 Å². The second kappa shape index (κ2) is 3.55. The van der Waals surface area contributed by atoms with E-state index < -0.39 is 5.97 Å². The van der Waals surface area contributed by atoms with Crippen LogP contribution in [0.1, 0.15) is 10.6 Å². The van der Waals surface area contributed by atoms with Crippen LogP contribution in [0.5, 0.6) is 0 Å². The van der Waals surface area contributed by atoms with Crippen LogP contribution in [-0.4, -0.2) is 16.1 Å². The lowest BCUT2D eigenvalue weighted by atomic mass is 10.3. The Morgan fingerprint density at radius 3 is 2.93 bits per heavy atom. The molecule has 1 N–H and O–H groups in total. The van der Waals surface area contributed by atoms with Crippen LogP contribution in [0.25, 0.3) is 10.6 Å². The number of rotatable bonds is 2. The number of aromatic nitrogens is 1. The van der Waals surface area contributed by atoms with Crippen molar-refractivity contribution in [3.8, 4) is 10.6 Å². The fourth-order valence-electron chi connectivity index (χ4n) is 1.01. The molecule has 0 amide bonds. The highest BCUT2D eigenvalue weighted by atomic mass is 79.9. The van der Waals surface area contributed by atoms with Crippen molar-refractivity contribution in [2.45, 2.75) is 0 Å². The standard InChI is InChI=1S/C8H4BrNO3S/c9-5-2-1-4(14-5)6-7(8(11)12)13-3-10-6/h1-3H,(H,11,12). The fourth-order valence-corrected chi connectivity index (χ4v) is 2.39. The van der Waals surface area contributed by atoms with Gasteiger partial charge in [0.1, 0.15) is 5.69 Å². The molecule has 0 aromatic carbocycles. The van der Waals surface area contributed by atoms with Crippen LogP contribution in [0.3, 0.4) is 0 Å². The minimum atomic E-state index is -1.11. The molecular weight excluding hydrogens is 270 g/mol.